The monoisotopic (exact) mass is 371 g/mol. The summed E-state index contributed by atoms with van der Waals surface area (Å²) in [4.78, 5) is 6.98. The molecule has 0 saturated heterocycles. The van der Waals surface area contributed by atoms with Crippen LogP contribution >= 0.6 is 0 Å². The number of nitrogens with zero attached hydrogens (tertiary/aromatic N) is 2. The minimum Gasteiger partial charge on any atom is -0.497 e. The highest BCUT2D eigenvalue weighted by Gasteiger charge is 2.25. The van der Waals surface area contributed by atoms with Crippen molar-refractivity contribution in [1.29, 1.82) is 0 Å². The Kier molecular flexibility index (Phi) is 6.91. The second-order valence-corrected chi connectivity index (χ2v) is 8.07. The molecular formula is C22H33N3O2. The molecule has 3 rings (SSSR count). The van der Waals surface area contributed by atoms with Crippen LogP contribution in [0.5, 0.6) is 5.75 Å². The lowest BCUT2D eigenvalue weighted by molar-refractivity contribution is 0.0868. The molecule has 27 heavy (non-hydrogen) atoms. The van der Waals surface area contributed by atoms with Crippen LogP contribution in [-0.2, 0) is 0 Å². The van der Waals surface area contributed by atoms with Crippen LogP contribution in [0, 0.1) is 5.92 Å². The molecule has 5 nitrogen and oxygen atoms in total. The Hall–Kier alpha value is -1.85. The van der Waals surface area contributed by atoms with Crippen molar-refractivity contribution in [3.8, 4) is 5.75 Å². The molecule has 0 spiro atoms. The number of ether oxygens (including phenoxy) is 1. The molecule has 0 bridgehead atoms. The third-order valence-electron chi connectivity index (χ3n) is 5.33. The Balaban J connectivity index is 1.65. The predicted octanol–water partition coefficient (Wildman–Crippen LogP) is 3.92. The standard InChI is InChI=1S/C22H33N3O2/c1-16(2)14-25(18-8-4-5-9-18)15-19(26)13-24-21-12-20(27-3)11-17-7-6-10-23-22(17)21/h6-7,10-12,16,18-19,24,26H,4-5,8-9,13-15H2,1-3H3/t19-/m1/s1. The summed E-state index contributed by atoms with van der Waals surface area (Å²) in [6, 6.07) is 8.50. The third-order valence-corrected chi connectivity index (χ3v) is 5.33. The highest BCUT2D eigenvalue weighted by atomic mass is 16.5. The number of benzene rings is 1. The molecular weight excluding hydrogens is 338 g/mol. The van der Waals surface area contributed by atoms with Crippen molar-refractivity contribution >= 4 is 16.6 Å². The number of hydrogen-bond acceptors (Lipinski definition) is 5. The van der Waals surface area contributed by atoms with Crippen LogP contribution in [0.15, 0.2) is 30.5 Å². The number of aliphatic hydroxyl groups excluding tert-OH is 1. The zero-order chi connectivity index (χ0) is 19.2. The van der Waals surface area contributed by atoms with Crippen molar-refractivity contribution in [1.82, 2.24) is 9.88 Å². The molecule has 1 aromatic heterocycles. The summed E-state index contributed by atoms with van der Waals surface area (Å²) in [5.41, 5.74) is 1.81. The maximum absolute atomic E-state index is 10.7. The van der Waals surface area contributed by atoms with Crippen LogP contribution in [-0.4, -0.2) is 53.9 Å². The van der Waals surface area contributed by atoms with Gasteiger partial charge in [-0.05, 0) is 30.9 Å². The predicted molar refractivity (Wildman–Crippen MR) is 111 cm³/mol. The molecule has 1 saturated carbocycles. The van der Waals surface area contributed by atoms with Gasteiger partial charge in [0.1, 0.15) is 5.75 Å². The largest absolute Gasteiger partial charge is 0.497 e. The topological polar surface area (TPSA) is 57.6 Å². The highest BCUT2D eigenvalue weighted by Crippen LogP contribution is 2.28. The summed E-state index contributed by atoms with van der Waals surface area (Å²) in [6.45, 7) is 6.76. The summed E-state index contributed by atoms with van der Waals surface area (Å²) >= 11 is 0. The van der Waals surface area contributed by atoms with E-state index in [4.69, 9.17) is 4.74 Å². The number of aliphatic hydroxyl groups is 1. The molecule has 0 radical (unpaired) electrons. The Morgan fingerprint density at radius 1 is 1.26 bits per heavy atom. The van der Waals surface area contributed by atoms with E-state index in [1.54, 1.807) is 13.3 Å². The Morgan fingerprint density at radius 2 is 2.04 bits per heavy atom. The van der Waals surface area contributed by atoms with Gasteiger partial charge >= 0.3 is 0 Å². The smallest absolute Gasteiger partial charge is 0.121 e. The van der Waals surface area contributed by atoms with Gasteiger partial charge in [-0.15, -0.1) is 0 Å². The molecule has 1 heterocycles. The first-order chi connectivity index (χ1) is 13.1. The van der Waals surface area contributed by atoms with Crippen LogP contribution in [0.1, 0.15) is 39.5 Å². The van der Waals surface area contributed by atoms with E-state index in [0.29, 0.717) is 25.0 Å². The zero-order valence-electron chi connectivity index (χ0n) is 16.8. The van der Waals surface area contributed by atoms with E-state index >= 15 is 0 Å². The third kappa shape index (κ3) is 5.33. The number of rotatable bonds is 9. The van der Waals surface area contributed by atoms with Gasteiger partial charge in [-0.2, -0.15) is 0 Å². The maximum atomic E-state index is 10.7. The van der Waals surface area contributed by atoms with Crippen LogP contribution in [0.25, 0.3) is 10.9 Å². The number of aromatic nitrogens is 1. The average Bonchev–Trinajstić information content (AvgIpc) is 3.19. The van der Waals surface area contributed by atoms with Gasteiger partial charge in [0.2, 0.25) is 0 Å². The summed E-state index contributed by atoms with van der Waals surface area (Å²) in [6.07, 6.45) is 6.52. The van der Waals surface area contributed by atoms with Crippen molar-refractivity contribution in [2.24, 2.45) is 5.92 Å². The fourth-order valence-corrected chi connectivity index (χ4v) is 4.09. The fraction of sp³-hybridized carbons (Fsp3) is 0.591. The van der Waals surface area contributed by atoms with Gasteiger partial charge in [0, 0.05) is 43.3 Å². The molecule has 1 aliphatic rings. The van der Waals surface area contributed by atoms with Gasteiger partial charge in [-0.3, -0.25) is 9.88 Å². The second-order valence-electron chi connectivity index (χ2n) is 8.07. The first kappa shape index (κ1) is 19.9. The molecule has 148 valence electrons. The van der Waals surface area contributed by atoms with Crippen LogP contribution < -0.4 is 10.1 Å². The minimum absolute atomic E-state index is 0.422. The summed E-state index contributed by atoms with van der Waals surface area (Å²) in [5, 5.41) is 15.1. The molecule has 0 amide bonds. The molecule has 1 fully saturated rings. The van der Waals surface area contributed by atoms with E-state index < -0.39 is 6.10 Å². The lowest BCUT2D eigenvalue weighted by atomic mass is 10.1. The lowest BCUT2D eigenvalue weighted by Crippen LogP contribution is -2.43. The molecule has 5 heteroatoms. The molecule has 0 unspecified atom stereocenters. The Morgan fingerprint density at radius 3 is 2.74 bits per heavy atom. The number of anilines is 1. The lowest BCUT2D eigenvalue weighted by Gasteiger charge is -2.32. The fourth-order valence-electron chi connectivity index (χ4n) is 4.09. The van der Waals surface area contributed by atoms with Gasteiger partial charge in [0.15, 0.2) is 0 Å². The molecule has 1 aromatic carbocycles. The average molecular weight is 372 g/mol. The molecule has 2 aromatic rings. The number of methoxy groups -OCH3 is 1. The Labute approximate surface area is 162 Å². The van der Waals surface area contributed by atoms with E-state index in [-0.39, 0.29) is 0 Å². The Bertz CT molecular complexity index is 729. The van der Waals surface area contributed by atoms with E-state index in [1.165, 1.54) is 25.7 Å². The van der Waals surface area contributed by atoms with E-state index in [9.17, 15) is 5.11 Å². The molecule has 0 aliphatic heterocycles. The van der Waals surface area contributed by atoms with E-state index in [1.807, 2.05) is 24.3 Å². The first-order valence-electron chi connectivity index (χ1n) is 10.2. The normalized spacial score (nSPS) is 16.4. The van der Waals surface area contributed by atoms with Crippen LogP contribution in [0.3, 0.4) is 0 Å². The minimum atomic E-state index is -0.422. The summed E-state index contributed by atoms with van der Waals surface area (Å²) in [5.74, 6) is 1.40. The molecule has 2 N–H and O–H groups in total. The summed E-state index contributed by atoms with van der Waals surface area (Å²) < 4.78 is 5.41. The van der Waals surface area contributed by atoms with Crippen molar-refractivity contribution < 1.29 is 9.84 Å². The number of pyridine rings is 1. The second kappa shape index (κ2) is 9.38. The first-order valence-corrected chi connectivity index (χ1v) is 10.2. The highest BCUT2D eigenvalue weighted by molar-refractivity contribution is 5.91. The van der Waals surface area contributed by atoms with Crippen molar-refractivity contribution in [3.05, 3.63) is 30.5 Å². The van der Waals surface area contributed by atoms with Gasteiger partial charge in [-0.1, -0.05) is 32.8 Å². The van der Waals surface area contributed by atoms with Crippen molar-refractivity contribution in [2.45, 2.75) is 51.7 Å². The number of fused-ring (bicyclic) bond motifs is 1. The number of nitrogens with one attached hydrogen (secondary N) is 1. The zero-order valence-corrected chi connectivity index (χ0v) is 16.8. The molecule has 1 aliphatic carbocycles. The van der Waals surface area contributed by atoms with E-state index in [0.717, 1.165) is 28.9 Å². The molecule has 1 atom stereocenters. The summed E-state index contributed by atoms with van der Waals surface area (Å²) in [7, 11) is 1.67. The van der Waals surface area contributed by atoms with E-state index in [2.05, 4.69) is 29.0 Å². The van der Waals surface area contributed by atoms with Gasteiger partial charge in [-0.25, -0.2) is 0 Å². The van der Waals surface area contributed by atoms with Gasteiger partial charge in [0.25, 0.3) is 0 Å². The van der Waals surface area contributed by atoms with Gasteiger partial charge in [0.05, 0.1) is 24.4 Å². The maximum Gasteiger partial charge on any atom is 0.121 e. The van der Waals surface area contributed by atoms with Gasteiger partial charge < -0.3 is 15.2 Å². The van der Waals surface area contributed by atoms with Crippen LogP contribution in [0.4, 0.5) is 5.69 Å². The van der Waals surface area contributed by atoms with Crippen molar-refractivity contribution in [2.75, 3.05) is 32.1 Å². The number of hydrogen-bond donors (Lipinski definition) is 2. The van der Waals surface area contributed by atoms with Crippen molar-refractivity contribution in [3.63, 3.8) is 0 Å². The van der Waals surface area contributed by atoms with Crippen LogP contribution in [0.2, 0.25) is 0 Å². The quantitative estimate of drug-likeness (QED) is 0.700. The SMILES string of the molecule is COc1cc(NC[C@@H](O)CN(CC(C)C)C2CCCC2)c2ncccc2c1.